The number of rotatable bonds is 4. The smallest absolute Gasteiger partial charge is 0.246 e. The van der Waals surface area contributed by atoms with E-state index in [0.717, 1.165) is 37.2 Å². The Morgan fingerprint density at radius 2 is 2.29 bits per heavy atom. The summed E-state index contributed by atoms with van der Waals surface area (Å²) in [7, 11) is 1.93. The Labute approximate surface area is 131 Å². The lowest BCUT2D eigenvalue weighted by Gasteiger charge is -2.15. The zero-order chi connectivity index (χ0) is 14.5. The van der Waals surface area contributed by atoms with E-state index in [4.69, 9.17) is 0 Å². The molecule has 1 unspecified atom stereocenters. The second-order valence-corrected chi connectivity index (χ2v) is 5.33. The standard InChI is InChI=1S/C16H21FN2O.ClH/c1-12(14-4-3-5-15(17)9-14)8-16(20)19-7-6-13(11-19)10-18-2;/h3-5,8-9,13,18H,6-7,10-11H2,1-2H3;1H. The van der Waals surface area contributed by atoms with Gasteiger partial charge in [0.15, 0.2) is 0 Å². The maximum Gasteiger partial charge on any atom is 0.246 e. The van der Waals surface area contributed by atoms with Gasteiger partial charge in [0, 0.05) is 19.2 Å². The molecule has 1 aliphatic heterocycles. The molecular formula is C16H22ClFN2O. The molecule has 116 valence electrons. The molecule has 1 fully saturated rings. The summed E-state index contributed by atoms with van der Waals surface area (Å²) in [6.07, 6.45) is 2.65. The molecular weight excluding hydrogens is 291 g/mol. The van der Waals surface area contributed by atoms with Crippen LogP contribution in [-0.4, -0.2) is 37.5 Å². The second kappa shape index (κ2) is 8.15. The molecule has 0 bridgehead atoms. The summed E-state index contributed by atoms with van der Waals surface area (Å²) < 4.78 is 13.2. The van der Waals surface area contributed by atoms with Gasteiger partial charge in [-0.2, -0.15) is 0 Å². The quantitative estimate of drug-likeness (QED) is 0.867. The van der Waals surface area contributed by atoms with Gasteiger partial charge >= 0.3 is 0 Å². The van der Waals surface area contributed by atoms with Crippen LogP contribution in [0.1, 0.15) is 18.9 Å². The largest absolute Gasteiger partial charge is 0.339 e. The number of carbonyl (C=O) groups excluding carboxylic acids is 1. The Morgan fingerprint density at radius 1 is 1.52 bits per heavy atom. The lowest BCUT2D eigenvalue weighted by Crippen LogP contribution is -2.29. The van der Waals surface area contributed by atoms with Crippen LogP contribution in [0.3, 0.4) is 0 Å². The van der Waals surface area contributed by atoms with Crippen LogP contribution in [0.4, 0.5) is 4.39 Å². The number of nitrogens with one attached hydrogen (secondary N) is 1. The molecule has 0 saturated carbocycles. The molecule has 1 amide bonds. The third kappa shape index (κ3) is 4.83. The first-order valence-corrected chi connectivity index (χ1v) is 6.98. The molecule has 1 aromatic carbocycles. The number of hydrogen-bond acceptors (Lipinski definition) is 2. The van der Waals surface area contributed by atoms with Crippen LogP contribution in [0.15, 0.2) is 30.3 Å². The van der Waals surface area contributed by atoms with E-state index >= 15 is 0 Å². The number of likely N-dealkylation sites (tertiary alicyclic amines) is 1. The van der Waals surface area contributed by atoms with Gasteiger partial charge < -0.3 is 10.2 Å². The molecule has 1 aromatic rings. The van der Waals surface area contributed by atoms with E-state index in [1.54, 1.807) is 12.1 Å². The topological polar surface area (TPSA) is 32.3 Å². The van der Waals surface area contributed by atoms with E-state index in [9.17, 15) is 9.18 Å². The van der Waals surface area contributed by atoms with Crippen LogP contribution in [0.25, 0.3) is 5.57 Å². The summed E-state index contributed by atoms with van der Waals surface area (Å²) in [6, 6.07) is 6.33. The van der Waals surface area contributed by atoms with Gasteiger partial charge in [0.2, 0.25) is 5.91 Å². The highest BCUT2D eigenvalue weighted by Gasteiger charge is 2.24. The number of carbonyl (C=O) groups is 1. The first kappa shape index (κ1) is 17.7. The van der Waals surface area contributed by atoms with E-state index in [1.807, 2.05) is 24.9 Å². The first-order valence-electron chi connectivity index (χ1n) is 6.98. The minimum atomic E-state index is -0.280. The highest BCUT2D eigenvalue weighted by molar-refractivity contribution is 5.95. The summed E-state index contributed by atoms with van der Waals surface area (Å²) in [5, 5.41) is 3.15. The summed E-state index contributed by atoms with van der Waals surface area (Å²) in [6.45, 7) is 4.38. The van der Waals surface area contributed by atoms with Crippen LogP contribution in [0.5, 0.6) is 0 Å². The Hall–Kier alpha value is -1.39. The van der Waals surface area contributed by atoms with E-state index in [1.165, 1.54) is 12.1 Å². The van der Waals surface area contributed by atoms with Crippen LogP contribution in [0, 0.1) is 11.7 Å². The maximum atomic E-state index is 13.2. The number of halogens is 2. The highest BCUT2D eigenvalue weighted by atomic mass is 35.5. The molecule has 0 aliphatic carbocycles. The number of amides is 1. The second-order valence-electron chi connectivity index (χ2n) is 5.33. The zero-order valence-electron chi connectivity index (χ0n) is 12.4. The number of allylic oxidation sites excluding steroid dienone is 1. The molecule has 3 nitrogen and oxygen atoms in total. The van der Waals surface area contributed by atoms with Crippen LogP contribution >= 0.6 is 12.4 Å². The molecule has 0 radical (unpaired) electrons. The monoisotopic (exact) mass is 312 g/mol. The Balaban J connectivity index is 0.00000220. The van der Waals surface area contributed by atoms with Crippen molar-refractivity contribution in [1.29, 1.82) is 0 Å². The van der Waals surface area contributed by atoms with E-state index in [2.05, 4.69) is 5.32 Å². The van der Waals surface area contributed by atoms with Crippen molar-refractivity contribution in [3.05, 3.63) is 41.7 Å². The van der Waals surface area contributed by atoms with Gasteiger partial charge in [0.05, 0.1) is 0 Å². The fourth-order valence-electron chi connectivity index (χ4n) is 2.58. The van der Waals surface area contributed by atoms with Gasteiger partial charge in [-0.1, -0.05) is 12.1 Å². The number of benzene rings is 1. The average Bonchev–Trinajstić information content (AvgIpc) is 2.88. The summed E-state index contributed by atoms with van der Waals surface area (Å²) >= 11 is 0. The van der Waals surface area contributed by atoms with Crippen molar-refractivity contribution in [3.63, 3.8) is 0 Å². The summed E-state index contributed by atoms with van der Waals surface area (Å²) in [4.78, 5) is 14.1. The molecule has 1 atom stereocenters. The molecule has 2 rings (SSSR count). The Morgan fingerprint density at radius 3 is 2.95 bits per heavy atom. The van der Waals surface area contributed by atoms with Crippen molar-refractivity contribution in [2.75, 3.05) is 26.7 Å². The first-order chi connectivity index (χ1) is 9.60. The van der Waals surface area contributed by atoms with Gasteiger partial charge in [-0.3, -0.25) is 4.79 Å². The SMILES string of the molecule is CNCC1CCN(C(=O)C=C(C)c2cccc(F)c2)C1.Cl. The van der Waals surface area contributed by atoms with E-state index in [0.29, 0.717) is 5.92 Å². The molecule has 1 N–H and O–H groups in total. The Bertz CT molecular complexity index is 519. The zero-order valence-corrected chi connectivity index (χ0v) is 13.3. The van der Waals surface area contributed by atoms with Crippen molar-refractivity contribution in [1.82, 2.24) is 10.2 Å². The summed E-state index contributed by atoms with van der Waals surface area (Å²) in [5.74, 6) is 0.273. The van der Waals surface area contributed by atoms with Gasteiger partial charge in [0.25, 0.3) is 0 Å². The van der Waals surface area contributed by atoms with Crippen molar-refractivity contribution >= 4 is 23.9 Å². The highest BCUT2D eigenvalue weighted by Crippen LogP contribution is 2.19. The number of nitrogens with zero attached hydrogens (tertiary/aromatic N) is 1. The molecule has 1 saturated heterocycles. The number of hydrogen-bond donors (Lipinski definition) is 1. The minimum Gasteiger partial charge on any atom is -0.339 e. The van der Waals surface area contributed by atoms with Crippen molar-refractivity contribution in [2.24, 2.45) is 5.92 Å². The Kier molecular flexibility index (Phi) is 6.85. The minimum absolute atomic E-state index is 0. The fraction of sp³-hybridized carbons (Fsp3) is 0.438. The van der Waals surface area contributed by atoms with Gasteiger partial charge in [-0.05, 0) is 56.1 Å². The van der Waals surface area contributed by atoms with Gasteiger partial charge in [0.1, 0.15) is 5.82 Å². The van der Waals surface area contributed by atoms with Crippen molar-refractivity contribution in [3.8, 4) is 0 Å². The third-order valence-corrected chi connectivity index (χ3v) is 3.71. The lowest BCUT2D eigenvalue weighted by molar-refractivity contribution is -0.125. The summed E-state index contributed by atoms with van der Waals surface area (Å²) in [5.41, 5.74) is 1.55. The van der Waals surface area contributed by atoms with Gasteiger partial charge in [-0.25, -0.2) is 4.39 Å². The van der Waals surface area contributed by atoms with Crippen molar-refractivity contribution in [2.45, 2.75) is 13.3 Å². The molecule has 5 heteroatoms. The molecule has 1 heterocycles. The van der Waals surface area contributed by atoms with Crippen molar-refractivity contribution < 1.29 is 9.18 Å². The predicted molar refractivity (Wildman–Crippen MR) is 85.9 cm³/mol. The van der Waals surface area contributed by atoms with Crippen LogP contribution in [-0.2, 0) is 4.79 Å². The van der Waals surface area contributed by atoms with Crippen LogP contribution in [0.2, 0.25) is 0 Å². The normalized spacial score (nSPS) is 18.5. The lowest BCUT2D eigenvalue weighted by atomic mass is 10.1. The molecule has 0 aromatic heterocycles. The van der Waals surface area contributed by atoms with E-state index < -0.39 is 0 Å². The predicted octanol–water partition coefficient (Wildman–Crippen LogP) is 2.72. The maximum absolute atomic E-state index is 13.2. The fourth-order valence-corrected chi connectivity index (χ4v) is 2.58. The van der Waals surface area contributed by atoms with E-state index in [-0.39, 0.29) is 24.1 Å². The van der Waals surface area contributed by atoms with Gasteiger partial charge in [-0.15, -0.1) is 12.4 Å². The molecule has 21 heavy (non-hydrogen) atoms. The average molecular weight is 313 g/mol. The van der Waals surface area contributed by atoms with Crippen LogP contribution < -0.4 is 5.32 Å². The molecule has 1 aliphatic rings. The third-order valence-electron chi connectivity index (χ3n) is 3.71. The molecule has 0 spiro atoms.